The van der Waals surface area contributed by atoms with E-state index in [9.17, 15) is 0 Å². The Hall–Kier alpha value is -8.72. The summed E-state index contributed by atoms with van der Waals surface area (Å²) in [5, 5.41) is 4.58. The van der Waals surface area contributed by atoms with Crippen LogP contribution in [0.4, 0.5) is 17.1 Å². The smallest absolute Gasteiger partial charge is 0.135 e. The van der Waals surface area contributed by atoms with Gasteiger partial charge in [0.2, 0.25) is 0 Å². The van der Waals surface area contributed by atoms with Crippen molar-refractivity contribution in [1.82, 2.24) is 0 Å². The molecule has 71 heavy (non-hydrogen) atoms. The molecule has 0 unspecified atom stereocenters. The fraction of sp³-hybridized carbons (Fsp3) is 0.0725. The Kier molecular flexibility index (Phi) is 9.10. The molecule has 0 fully saturated rings. The first-order chi connectivity index (χ1) is 34.8. The molecule has 11 aromatic carbocycles. The molecule has 0 radical (unpaired) electrons. The number of fused-ring (bicyclic) bond motifs is 14. The van der Waals surface area contributed by atoms with Gasteiger partial charge in [-0.15, -0.1) is 0 Å². The first-order valence-electron chi connectivity index (χ1n) is 24.8. The van der Waals surface area contributed by atoms with E-state index in [-0.39, 0.29) is 5.41 Å². The average Bonchev–Trinajstić information content (AvgIpc) is 4.05. The van der Waals surface area contributed by atoms with Crippen molar-refractivity contribution in [2.75, 3.05) is 4.90 Å². The molecule has 0 saturated carbocycles. The lowest BCUT2D eigenvalue weighted by atomic mass is 9.70. The third kappa shape index (κ3) is 6.21. The van der Waals surface area contributed by atoms with E-state index in [2.05, 4.69) is 262 Å². The summed E-state index contributed by atoms with van der Waals surface area (Å²) >= 11 is 0. The maximum absolute atomic E-state index is 6.43. The molecule has 1 aromatic heterocycles. The zero-order valence-electron chi connectivity index (χ0n) is 39.9. The van der Waals surface area contributed by atoms with E-state index in [4.69, 9.17) is 4.42 Å². The molecule has 2 aliphatic rings. The van der Waals surface area contributed by atoms with Gasteiger partial charge in [0.25, 0.3) is 0 Å². The summed E-state index contributed by atoms with van der Waals surface area (Å²) in [5.41, 5.74) is 23.4. The van der Waals surface area contributed by atoms with E-state index in [1.165, 1.54) is 72.0 Å². The standard InChI is InChI=1S/C69H49NO/c1-68(2,3)49-34-29-44(30-35-49)47-32-38-63(56(41-47)45-17-5-4-6-18-45)70(64-39-31-46-19-7-8-20-51(46)67(64)48-33-40-66-58(42-48)55-24-12-16-28-65(55)71-66)50-36-37-62-57(43-50)54-23-11-15-27-61(54)69(62)59-25-13-9-21-52(59)53-22-10-14-26-60(53)69/h4-43H,1-3H3. The third-order valence-corrected chi connectivity index (χ3v) is 15.5. The van der Waals surface area contributed by atoms with Gasteiger partial charge in [-0.25, -0.2) is 0 Å². The summed E-state index contributed by atoms with van der Waals surface area (Å²) in [5.74, 6) is 0. The molecule has 0 saturated heterocycles. The second-order valence-corrected chi connectivity index (χ2v) is 20.4. The monoisotopic (exact) mass is 907 g/mol. The lowest BCUT2D eigenvalue weighted by Gasteiger charge is -2.33. The Morgan fingerprint density at radius 2 is 0.915 bits per heavy atom. The van der Waals surface area contributed by atoms with Gasteiger partial charge >= 0.3 is 0 Å². The van der Waals surface area contributed by atoms with Crippen molar-refractivity contribution in [3.8, 4) is 55.6 Å². The normalized spacial score (nSPS) is 13.1. The van der Waals surface area contributed by atoms with Gasteiger partial charge in [0.15, 0.2) is 0 Å². The molecule has 1 heterocycles. The summed E-state index contributed by atoms with van der Waals surface area (Å²) in [6.07, 6.45) is 0. The van der Waals surface area contributed by atoms with Crippen LogP contribution in [0.15, 0.2) is 247 Å². The second-order valence-electron chi connectivity index (χ2n) is 20.4. The molecule has 1 spiro atoms. The van der Waals surface area contributed by atoms with Gasteiger partial charge in [-0.05, 0) is 137 Å². The third-order valence-electron chi connectivity index (χ3n) is 15.5. The molecule has 336 valence electrons. The van der Waals surface area contributed by atoms with Crippen LogP contribution in [-0.4, -0.2) is 0 Å². The number of hydrogen-bond donors (Lipinski definition) is 0. The summed E-state index contributed by atoms with van der Waals surface area (Å²) in [6, 6.07) is 90.2. The van der Waals surface area contributed by atoms with E-state index in [1.807, 2.05) is 6.07 Å². The lowest BCUT2D eigenvalue weighted by Crippen LogP contribution is -2.25. The van der Waals surface area contributed by atoms with Crippen molar-refractivity contribution in [2.45, 2.75) is 31.6 Å². The molecule has 0 aliphatic heterocycles. The van der Waals surface area contributed by atoms with E-state index in [0.29, 0.717) is 0 Å². The minimum absolute atomic E-state index is 0.0610. The maximum atomic E-state index is 6.43. The van der Waals surface area contributed by atoms with Gasteiger partial charge in [0.05, 0.1) is 16.8 Å². The van der Waals surface area contributed by atoms with Crippen LogP contribution < -0.4 is 4.90 Å². The predicted molar refractivity (Wildman–Crippen MR) is 297 cm³/mol. The van der Waals surface area contributed by atoms with Crippen molar-refractivity contribution < 1.29 is 4.42 Å². The van der Waals surface area contributed by atoms with Gasteiger partial charge in [-0.2, -0.15) is 0 Å². The van der Waals surface area contributed by atoms with Crippen LogP contribution >= 0.6 is 0 Å². The number of rotatable bonds is 6. The Labute approximate surface area is 414 Å². The van der Waals surface area contributed by atoms with Crippen LogP contribution in [0, 0.1) is 0 Å². The molecular formula is C69H49NO. The molecule has 0 N–H and O–H groups in total. The highest BCUT2D eigenvalue weighted by molar-refractivity contribution is 6.11. The summed E-state index contributed by atoms with van der Waals surface area (Å²) in [6.45, 7) is 6.83. The predicted octanol–water partition coefficient (Wildman–Crippen LogP) is 18.9. The minimum Gasteiger partial charge on any atom is -0.456 e. The maximum Gasteiger partial charge on any atom is 0.135 e. The van der Waals surface area contributed by atoms with Crippen molar-refractivity contribution in [2.24, 2.45) is 0 Å². The van der Waals surface area contributed by atoms with Crippen molar-refractivity contribution in [1.29, 1.82) is 0 Å². The highest BCUT2D eigenvalue weighted by Gasteiger charge is 2.51. The van der Waals surface area contributed by atoms with Crippen LogP contribution in [0.2, 0.25) is 0 Å². The molecule has 2 heteroatoms. The van der Waals surface area contributed by atoms with Gasteiger partial charge in [0, 0.05) is 27.6 Å². The Balaban J connectivity index is 1.06. The molecular weight excluding hydrogens is 859 g/mol. The number of nitrogens with zero attached hydrogens (tertiary/aromatic N) is 1. The van der Waals surface area contributed by atoms with Crippen LogP contribution in [-0.2, 0) is 10.8 Å². The minimum atomic E-state index is -0.446. The number of para-hydroxylation sites is 1. The Bertz CT molecular complexity index is 4050. The number of benzene rings is 11. The van der Waals surface area contributed by atoms with E-state index in [0.717, 1.165) is 61.3 Å². The van der Waals surface area contributed by atoms with Crippen LogP contribution in [0.5, 0.6) is 0 Å². The fourth-order valence-corrected chi connectivity index (χ4v) is 12.2. The summed E-state index contributed by atoms with van der Waals surface area (Å²) in [4.78, 5) is 2.54. The topological polar surface area (TPSA) is 16.4 Å². The zero-order valence-corrected chi connectivity index (χ0v) is 39.9. The average molecular weight is 908 g/mol. The molecule has 0 bridgehead atoms. The number of furan rings is 1. The van der Waals surface area contributed by atoms with Crippen molar-refractivity contribution >= 4 is 49.8 Å². The quantitative estimate of drug-likeness (QED) is 0.165. The Morgan fingerprint density at radius 3 is 1.63 bits per heavy atom. The second kappa shape index (κ2) is 15.7. The van der Waals surface area contributed by atoms with Gasteiger partial charge in [0.1, 0.15) is 11.2 Å². The first kappa shape index (κ1) is 41.3. The molecule has 2 aliphatic carbocycles. The highest BCUT2D eigenvalue weighted by atomic mass is 16.3. The molecule has 14 rings (SSSR count). The highest BCUT2D eigenvalue weighted by Crippen LogP contribution is 2.63. The van der Waals surface area contributed by atoms with Crippen LogP contribution in [0.3, 0.4) is 0 Å². The van der Waals surface area contributed by atoms with Crippen molar-refractivity contribution in [3.63, 3.8) is 0 Å². The zero-order chi connectivity index (χ0) is 47.4. The number of hydrogen-bond acceptors (Lipinski definition) is 2. The molecule has 2 nitrogen and oxygen atoms in total. The van der Waals surface area contributed by atoms with E-state index < -0.39 is 5.41 Å². The van der Waals surface area contributed by atoms with Crippen molar-refractivity contribution in [3.05, 3.63) is 270 Å². The van der Waals surface area contributed by atoms with Crippen LogP contribution in [0.25, 0.3) is 88.3 Å². The van der Waals surface area contributed by atoms with E-state index >= 15 is 0 Å². The van der Waals surface area contributed by atoms with E-state index in [1.54, 1.807) is 0 Å². The summed E-state index contributed by atoms with van der Waals surface area (Å²) < 4.78 is 6.43. The fourth-order valence-electron chi connectivity index (χ4n) is 12.2. The lowest BCUT2D eigenvalue weighted by molar-refractivity contribution is 0.590. The molecule has 0 atom stereocenters. The molecule has 12 aromatic rings. The van der Waals surface area contributed by atoms with Gasteiger partial charge in [-0.3, -0.25) is 0 Å². The van der Waals surface area contributed by atoms with Gasteiger partial charge in [-0.1, -0.05) is 215 Å². The molecule has 0 amide bonds. The Morgan fingerprint density at radius 1 is 0.352 bits per heavy atom. The number of anilines is 3. The summed E-state index contributed by atoms with van der Waals surface area (Å²) in [7, 11) is 0. The first-order valence-corrected chi connectivity index (χ1v) is 24.8. The van der Waals surface area contributed by atoms with Gasteiger partial charge < -0.3 is 9.32 Å². The SMILES string of the molecule is CC(C)(C)c1ccc(-c2ccc(N(c3ccc4c(c3)-c3ccccc3C43c4ccccc4-c4ccccc43)c3ccc4ccccc4c3-c3ccc4oc5ccccc5c4c3)c(-c3ccccc3)c2)cc1. The van der Waals surface area contributed by atoms with Crippen LogP contribution in [0.1, 0.15) is 48.6 Å². The largest absolute Gasteiger partial charge is 0.456 e.